The first-order valence-corrected chi connectivity index (χ1v) is 10.8. The van der Waals surface area contributed by atoms with Crippen LogP contribution in [0.4, 0.5) is 15.3 Å². The average molecular weight is 422 g/mol. The normalized spacial score (nSPS) is 13.8. The molecular formula is C19H24FN5OS2. The van der Waals surface area contributed by atoms with Crippen LogP contribution in [0.1, 0.15) is 38.0 Å². The molecule has 0 bridgehead atoms. The van der Waals surface area contributed by atoms with Crippen molar-refractivity contribution in [3.63, 3.8) is 0 Å². The Labute approximate surface area is 171 Å². The summed E-state index contributed by atoms with van der Waals surface area (Å²) in [5, 5.41) is 13.7. The Morgan fingerprint density at radius 1 is 1.21 bits per heavy atom. The van der Waals surface area contributed by atoms with Crippen LogP contribution in [0.3, 0.4) is 0 Å². The lowest BCUT2D eigenvalue weighted by Gasteiger charge is -2.19. The van der Waals surface area contributed by atoms with Crippen molar-refractivity contribution in [2.45, 2.75) is 43.6 Å². The summed E-state index contributed by atoms with van der Waals surface area (Å²) in [5.41, 5.74) is 6.97. The number of hydrogen-bond donors (Lipinski definition) is 3. The lowest BCUT2D eigenvalue weighted by atomic mass is 10.0. The van der Waals surface area contributed by atoms with Crippen molar-refractivity contribution in [3.8, 4) is 0 Å². The van der Waals surface area contributed by atoms with E-state index >= 15 is 0 Å². The third-order valence-electron chi connectivity index (χ3n) is 4.19. The highest BCUT2D eigenvalue weighted by molar-refractivity contribution is 7.99. The topological polar surface area (TPSA) is 97.0 Å². The van der Waals surface area contributed by atoms with E-state index in [9.17, 15) is 9.50 Å². The quantitative estimate of drug-likeness (QED) is 0.364. The minimum absolute atomic E-state index is 0.00787. The molecule has 0 saturated heterocycles. The van der Waals surface area contributed by atoms with Gasteiger partial charge in [-0.15, -0.1) is 0 Å². The van der Waals surface area contributed by atoms with Crippen molar-refractivity contribution in [2.75, 3.05) is 17.7 Å². The van der Waals surface area contributed by atoms with Gasteiger partial charge in [-0.3, -0.25) is 0 Å². The highest BCUT2D eigenvalue weighted by Gasteiger charge is 2.19. The Kier molecular flexibility index (Phi) is 6.69. The van der Waals surface area contributed by atoms with Gasteiger partial charge in [0.1, 0.15) is 10.5 Å². The maximum Gasteiger partial charge on any atom is 0.192 e. The minimum Gasteiger partial charge on any atom is -0.394 e. The number of hydrogen-bond acceptors (Lipinski definition) is 8. The van der Waals surface area contributed by atoms with Crippen molar-refractivity contribution in [2.24, 2.45) is 5.92 Å². The molecule has 0 spiro atoms. The smallest absolute Gasteiger partial charge is 0.192 e. The van der Waals surface area contributed by atoms with E-state index in [1.54, 1.807) is 12.1 Å². The average Bonchev–Trinajstić information content (AvgIpc) is 3.01. The van der Waals surface area contributed by atoms with E-state index in [2.05, 4.69) is 34.1 Å². The first kappa shape index (κ1) is 20.8. The number of halogens is 1. The van der Waals surface area contributed by atoms with E-state index in [4.69, 9.17) is 5.73 Å². The number of aliphatic hydroxyl groups is 1. The molecular weight excluding hydrogens is 397 g/mol. The fraction of sp³-hybridized carbons (Fsp3) is 0.421. The number of nitrogens with two attached hydrogens (primary N) is 1. The maximum absolute atomic E-state index is 14.1. The SMILES string of the molecule is CC(C)C[C@H](CO)Nc1nc(S[C@@H](C)c2ccccc2F)nc2nc(N)sc12. The van der Waals surface area contributed by atoms with Crippen molar-refractivity contribution in [3.05, 3.63) is 35.6 Å². The summed E-state index contributed by atoms with van der Waals surface area (Å²) in [6.45, 7) is 6.10. The minimum atomic E-state index is -0.253. The standard InChI is InChI=1S/C19H24FN5OS2/c1-10(2)8-12(9-26)22-16-15-17(23-18(21)28-15)25-19(24-16)27-11(3)13-6-4-5-7-14(13)20/h4-7,10-12,26H,8-9H2,1-3H3,(H3,21,22,23,24,25)/t11-,12+/m0/s1. The monoisotopic (exact) mass is 421 g/mol. The lowest BCUT2D eigenvalue weighted by molar-refractivity contribution is 0.259. The van der Waals surface area contributed by atoms with Crippen LogP contribution in [0.5, 0.6) is 0 Å². The molecule has 2 aromatic heterocycles. The number of aromatic nitrogens is 3. The summed E-state index contributed by atoms with van der Waals surface area (Å²) >= 11 is 2.66. The van der Waals surface area contributed by atoms with Crippen LogP contribution in [0, 0.1) is 11.7 Å². The van der Waals surface area contributed by atoms with Crippen LogP contribution in [0.25, 0.3) is 10.3 Å². The number of aliphatic hydroxyl groups excluding tert-OH is 1. The fourth-order valence-corrected chi connectivity index (χ4v) is 4.58. The second-order valence-electron chi connectivity index (χ2n) is 6.99. The van der Waals surface area contributed by atoms with Gasteiger partial charge in [0.25, 0.3) is 0 Å². The number of thiazole rings is 1. The van der Waals surface area contributed by atoms with Crippen molar-refractivity contribution >= 4 is 44.4 Å². The Balaban J connectivity index is 1.92. The molecule has 0 aliphatic carbocycles. The molecule has 3 rings (SSSR count). The Hall–Kier alpha value is -1.97. The van der Waals surface area contributed by atoms with Crippen LogP contribution >= 0.6 is 23.1 Å². The van der Waals surface area contributed by atoms with Crippen LogP contribution in [0.15, 0.2) is 29.4 Å². The molecule has 0 amide bonds. The van der Waals surface area contributed by atoms with Gasteiger partial charge in [-0.05, 0) is 25.3 Å². The van der Waals surface area contributed by atoms with Gasteiger partial charge in [-0.2, -0.15) is 0 Å². The highest BCUT2D eigenvalue weighted by atomic mass is 32.2. The molecule has 150 valence electrons. The van der Waals surface area contributed by atoms with E-state index in [1.807, 2.05) is 13.0 Å². The predicted octanol–water partition coefficient (Wildman–Crippen LogP) is 4.48. The number of fused-ring (bicyclic) bond motifs is 1. The van der Waals surface area contributed by atoms with Gasteiger partial charge < -0.3 is 16.2 Å². The van der Waals surface area contributed by atoms with Crippen LogP contribution in [0.2, 0.25) is 0 Å². The van der Waals surface area contributed by atoms with Gasteiger partial charge in [0, 0.05) is 10.8 Å². The Bertz CT molecular complexity index is 949. The zero-order valence-corrected chi connectivity index (χ0v) is 17.6. The van der Waals surface area contributed by atoms with E-state index in [0.29, 0.717) is 33.2 Å². The Morgan fingerprint density at radius 2 is 1.96 bits per heavy atom. The van der Waals surface area contributed by atoms with E-state index in [-0.39, 0.29) is 23.7 Å². The number of thioether (sulfide) groups is 1. The molecule has 0 saturated carbocycles. The number of anilines is 2. The summed E-state index contributed by atoms with van der Waals surface area (Å²) < 4.78 is 14.8. The van der Waals surface area contributed by atoms with Gasteiger partial charge in [-0.1, -0.05) is 55.1 Å². The lowest BCUT2D eigenvalue weighted by Crippen LogP contribution is -2.26. The molecule has 0 aliphatic rings. The second kappa shape index (κ2) is 9.02. The van der Waals surface area contributed by atoms with Gasteiger partial charge in [0.2, 0.25) is 0 Å². The number of benzene rings is 1. The molecule has 2 heterocycles. The number of nitrogens with one attached hydrogen (secondary N) is 1. The molecule has 0 fully saturated rings. The predicted molar refractivity (Wildman–Crippen MR) is 114 cm³/mol. The van der Waals surface area contributed by atoms with Crippen LogP contribution in [-0.4, -0.2) is 32.7 Å². The first-order chi connectivity index (χ1) is 13.4. The third-order valence-corrected chi connectivity index (χ3v) is 6.07. The van der Waals surface area contributed by atoms with Gasteiger partial charge >= 0.3 is 0 Å². The molecule has 4 N–H and O–H groups in total. The molecule has 1 aromatic carbocycles. The molecule has 2 atom stereocenters. The highest BCUT2D eigenvalue weighted by Crippen LogP contribution is 2.37. The molecule has 9 heteroatoms. The summed E-state index contributed by atoms with van der Waals surface area (Å²) in [7, 11) is 0. The largest absolute Gasteiger partial charge is 0.394 e. The van der Waals surface area contributed by atoms with E-state index in [1.165, 1.54) is 29.2 Å². The van der Waals surface area contributed by atoms with Crippen molar-refractivity contribution < 1.29 is 9.50 Å². The Morgan fingerprint density at radius 3 is 2.64 bits per heavy atom. The second-order valence-corrected chi connectivity index (χ2v) is 9.33. The third kappa shape index (κ3) is 4.89. The van der Waals surface area contributed by atoms with Crippen LogP contribution < -0.4 is 11.1 Å². The number of rotatable bonds is 8. The molecule has 28 heavy (non-hydrogen) atoms. The van der Waals surface area contributed by atoms with Gasteiger partial charge in [0.15, 0.2) is 21.8 Å². The molecule has 0 radical (unpaired) electrons. The van der Waals surface area contributed by atoms with E-state index in [0.717, 1.165) is 11.1 Å². The van der Waals surface area contributed by atoms with Crippen molar-refractivity contribution in [1.82, 2.24) is 15.0 Å². The fourth-order valence-electron chi connectivity index (χ4n) is 2.94. The molecule has 6 nitrogen and oxygen atoms in total. The molecule has 3 aromatic rings. The summed E-state index contributed by atoms with van der Waals surface area (Å²) in [6, 6.07) is 6.55. The number of nitrogens with zero attached hydrogens (tertiary/aromatic N) is 3. The number of nitrogen functional groups attached to an aromatic ring is 1. The maximum atomic E-state index is 14.1. The van der Waals surface area contributed by atoms with Gasteiger partial charge in [-0.25, -0.2) is 19.3 Å². The zero-order valence-electron chi connectivity index (χ0n) is 16.0. The summed E-state index contributed by atoms with van der Waals surface area (Å²) in [4.78, 5) is 13.4. The summed E-state index contributed by atoms with van der Waals surface area (Å²) in [6.07, 6.45) is 0.796. The van der Waals surface area contributed by atoms with Gasteiger partial charge in [0.05, 0.1) is 12.6 Å². The van der Waals surface area contributed by atoms with E-state index < -0.39 is 0 Å². The first-order valence-electron chi connectivity index (χ1n) is 9.10. The molecule has 0 unspecified atom stereocenters. The van der Waals surface area contributed by atoms with Crippen LogP contribution in [-0.2, 0) is 0 Å². The molecule has 0 aliphatic heterocycles. The van der Waals surface area contributed by atoms with Crippen molar-refractivity contribution in [1.29, 1.82) is 0 Å². The summed E-state index contributed by atoms with van der Waals surface area (Å²) in [5.74, 6) is 0.766. The zero-order chi connectivity index (χ0) is 20.3.